The van der Waals surface area contributed by atoms with Crippen molar-refractivity contribution in [3.05, 3.63) is 64.5 Å². The molecule has 2 amide bonds. The van der Waals surface area contributed by atoms with Crippen LogP contribution in [-0.2, 0) is 11.0 Å². The van der Waals surface area contributed by atoms with Gasteiger partial charge in [0.25, 0.3) is 5.91 Å². The fourth-order valence-electron chi connectivity index (χ4n) is 5.08. The number of nitriles is 1. The molecule has 2 N–H and O–H groups in total. The molecule has 2 aliphatic heterocycles. The zero-order valence-corrected chi connectivity index (χ0v) is 19.0. The van der Waals surface area contributed by atoms with Crippen LogP contribution < -0.4 is 10.6 Å². The van der Waals surface area contributed by atoms with Crippen LogP contribution in [-0.4, -0.2) is 42.4 Å². The lowest BCUT2D eigenvalue weighted by molar-refractivity contribution is -0.137. The predicted molar refractivity (Wildman–Crippen MR) is 120 cm³/mol. The second-order valence-corrected chi connectivity index (χ2v) is 9.35. The third kappa shape index (κ3) is 4.67. The van der Waals surface area contributed by atoms with Crippen molar-refractivity contribution in [3.63, 3.8) is 0 Å². The van der Waals surface area contributed by atoms with Gasteiger partial charge in [0.2, 0.25) is 5.91 Å². The van der Waals surface area contributed by atoms with Crippen molar-refractivity contribution in [1.29, 1.82) is 5.26 Å². The Morgan fingerprint density at radius 3 is 2.40 bits per heavy atom. The van der Waals surface area contributed by atoms with Gasteiger partial charge in [-0.3, -0.25) is 9.59 Å². The van der Waals surface area contributed by atoms with Crippen LogP contribution in [0.25, 0.3) is 0 Å². The summed E-state index contributed by atoms with van der Waals surface area (Å²) < 4.78 is 54.1. The Bertz CT molecular complexity index is 1210. The number of alkyl halides is 3. The smallest absolute Gasteiger partial charge is 0.371 e. The molecule has 2 saturated heterocycles. The Hall–Kier alpha value is -3.61. The largest absolute Gasteiger partial charge is 0.417 e. The first-order chi connectivity index (χ1) is 16.4. The maximum absolute atomic E-state index is 14.0. The van der Waals surface area contributed by atoms with E-state index in [4.69, 9.17) is 11.0 Å². The van der Waals surface area contributed by atoms with Gasteiger partial charge in [0.05, 0.1) is 17.2 Å². The van der Waals surface area contributed by atoms with Crippen LogP contribution in [0.3, 0.4) is 0 Å². The number of rotatable bonds is 3. The molecule has 0 bridgehead atoms. The molecule has 0 aromatic heterocycles. The van der Waals surface area contributed by atoms with E-state index in [0.717, 1.165) is 12.1 Å². The standard InChI is InChI=1S/C25H24F4N4O2/c1-15-2-3-16(10-20(15)26)23(35)33-14-24(12-21(33)22(31)34)6-8-32(9-7-24)18-5-4-17(13-30)19(11-18)25(27,28)29/h2-5,10-11,21H,6-9,12,14H2,1H3,(H2,31,34). The van der Waals surface area contributed by atoms with Crippen molar-refractivity contribution in [2.45, 2.75) is 38.4 Å². The van der Waals surface area contributed by atoms with Crippen molar-refractivity contribution in [2.24, 2.45) is 11.1 Å². The van der Waals surface area contributed by atoms with Crippen molar-refractivity contribution < 1.29 is 27.2 Å². The highest BCUT2D eigenvalue weighted by atomic mass is 19.4. The van der Waals surface area contributed by atoms with E-state index in [-0.39, 0.29) is 12.1 Å². The van der Waals surface area contributed by atoms with Gasteiger partial charge in [-0.15, -0.1) is 0 Å². The van der Waals surface area contributed by atoms with Gasteiger partial charge in [0.15, 0.2) is 0 Å². The number of hydrogen-bond donors (Lipinski definition) is 1. The Kier molecular flexibility index (Phi) is 6.21. The zero-order chi connectivity index (χ0) is 25.5. The summed E-state index contributed by atoms with van der Waals surface area (Å²) in [7, 11) is 0. The van der Waals surface area contributed by atoms with E-state index in [1.54, 1.807) is 17.9 Å². The Morgan fingerprint density at radius 2 is 1.83 bits per heavy atom. The molecule has 0 saturated carbocycles. The minimum absolute atomic E-state index is 0.131. The van der Waals surface area contributed by atoms with E-state index in [1.807, 2.05) is 0 Å². The van der Waals surface area contributed by atoms with Crippen molar-refractivity contribution in [1.82, 2.24) is 4.90 Å². The number of benzene rings is 2. The molecule has 35 heavy (non-hydrogen) atoms. The Morgan fingerprint density at radius 1 is 1.14 bits per heavy atom. The number of hydrogen-bond acceptors (Lipinski definition) is 4. The van der Waals surface area contributed by atoms with Crippen LogP contribution in [0.2, 0.25) is 0 Å². The van der Waals surface area contributed by atoms with E-state index in [9.17, 15) is 27.2 Å². The molecule has 0 aliphatic carbocycles. The van der Waals surface area contributed by atoms with Crippen molar-refractivity contribution in [3.8, 4) is 6.07 Å². The number of aryl methyl sites for hydroxylation is 1. The number of anilines is 1. The van der Waals surface area contributed by atoms with Gasteiger partial charge in [-0.25, -0.2) is 4.39 Å². The average molecular weight is 488 g/mol. The molecule has 0 radical (unpaired) electrons. The number of amides is 2. The normalized spacial score (nSPS) is 19.6. The van der Waals surface area contributed by atoms with E-state index in [0.29, 0.717) is 43.6 Å². The molecule has 2 aliphatic rings. The van der Waals surface area contributed by atoms with Gasteiger partial charge >= 0.3 is 6.18 Å². The monoisotopic (exact) mass is 488 g/mol. The highest BCUT2D eigenvalue weighted by Gasteiger charge is 2.49. The number of primary amides is 1. The van der Waals surface area contributed by atoms with E-state index >= 15 is 0 Å². The highest BCUT2D eigenvalue weighted by Crippen LogP contribution is 2.45. The first-order valence-corrected chi connectivity index (χ1v) is 11.2. The third-order valence-electron chi connectivity index (χ3n) is 7.13. The molecule has 184 valence electrons. The molecular formula is C25H24F4N4O2. The van der Waals surface area contributed by atoms with Gasteiger partial charge in [-0.05, 0) is 67.5 Å². The number of piperidine rings is 1. The first-order valence-electron chi connectivity index (χ1n) is 11.2. The van der Waals surface area contributed by atoms with Crippen molar-refractivity contribution in [2.75, 3.05) is 24.5 Å². The summed E-state index contributed by atoms with van der Waals surface area (Å²) in [6, 6.07) is 8.54. The molecule has 2 aromatic rings. The SMILES string of the molecule is Cc1ccc(C(=O)N2CC3(CCN(c4ccc(C#N)c(C(F)(F)F)c4)CC3)CC2C(N)=O)cc1F. The van der Waals surface area contributed by atoms with Gasteiger partial charge in [0.1, 0.15) is 11.9 Å². The van der Waals surface area contributed by atoms with Gasteiger partial charge in [-0.2, -0.15) is 18.4 Å². The lowest BCUT2D eigenvalue weighted by atomic mass is 9.76. The minimum Gasteiger partial charge on any atom is -0.371 e. The maximum atomic E-state index is 14.0. The molecule has 1 spiro atoms. The molecular weight excluding hydrogens is 464 g/mol. The summed E-state index contributed by atoms with van der Waals surface area (Å²) in [5.74, 6) is -1.64. The predicted octanol–water partition coefficient (Wildman–Crippen LogP) is 4.01. The second-order valence-electron chi connectivity index (χ2n) is 9.35. The number of carbonyl (C=O) groups excluding carboxylic acids is 2. The fourth-order valence-corrected chi connectivity index (χ4v) is 5.08. The van der Waals surface area contributed by atoms with Crippen LogP contribution in [0.5, 0.6) is 0 Å². The van der Waals surface area contributed by atoms with E-state index in [2.05, 4.69) is 0 Å². The minimum atomic E-state index is -4.64. The van der Waals surface area contributed by atoms with Gasteiger partial charge in [-0.1, -0.05) is 6.07 Å². The number of halogens is 4. The summed E-state index contributed by atoms with van der Waals surface area (Å²) in [6.07, 6.45) is -3.24. The summed E-state index contributed by atoms with van der Waals surface area (Å²) in [4.78, 5) is 28.5. The molecule has 2 fully saturated rings. The van der Waals surface area contributed by atoms with E-state index < -0.39 is 46.4 Å². The number of likely N-dealkylation sites (tertiary alicyclic amines) is 1. The molecule has 6 nitrogen and oxygen atoms in total. The topological polar surface area (TPSA) is 90.4 Å². The summed E-state index contributed by atoms with van der Waals surface area (Å²) in [6.45, 7) is 2.66. The Labute approximate surface area is 199 Å². The molecule has 2 heterocycles. The molecule has 4 rings (SSSR count). The van der Waals surface area contributed by atoms with Crippen molar-refractivity contribution >= 4 is 17.5 Å². The lowest BCUT2D eigenvalue weighted by Gasteiger charge is -2.40. The average Bonchev–Trinajstić information content (AvgIpc) is 3.19. The quantitative estimate of drug-likeness (QED) is 0.661. The van der Waals surface area contributed by atoms with Crippen LogP contribution >= 0.6 is 0 Å². The highest BCUT2D eigenvalue weighted by molar-refractivity contribution is 5.98. The molecule has 1 atom stereocenters. The molecule has 1 unspecified atom stereocenters. The fraction of sp³-hybridized carbons (Fsp3) is 0.400. The molecule has 2 aromatic carbocycles. The maximum Gasteiger partial charge on any atom is 0.417 e. The summed E-state index contributed by atoms with van der Waals surface area (Å²) in [5.41, 5.74) is 4.66. The Balaban J connectivity index is 1.53. The van der Waals surface area contributed by atoms with Crippen LogP contribution in [0.4, 0.5) is 23.2 Å². The second kappa shape index (κ2) is 8.87. The van der Waals surface area contributed by atoms with Crippen LogP contribution in [0.1, 0.15) is 46.3 Å². The number of carbonyl (C=O) groups is 2. The zero-order valence-electron chi connectivity index (χ0n) is 19.0. The molecule has 10 heteroatoms. The summed E-state index contributed by atoms with van der Waals surface area (Å²) >= 11 is 0. The number of nitrogens with zero attached hydrogens (tertiary/aromatic N) is 3. The summed E-state index contributed by atoms with van der Waals surface area (Å²) in [5, 5.41) is 9.02. The van der Waals surface area contributed by atoms with Gasteiger partial charge in [0, 0.05) is 30.9 Å². The first kappa shape index (κ1) is 24.5. The van der Waals surface area contributed by atoms with Crippen LogP contribution in [0, 0.1) is 29.5 Å². The lowest BCUT2D eigenvalue weighted by Crippen LogP contribution is -2.44. The van der Waals surface area contributed by atoms with Crippen LogP contribution in [0.15, 0.2) is 36.4 Å². The number of nitrogens with two attached hydrogens (primary N) is 1. The van der Waals surface area contributed by atoms with E-state index in [1.165, 1.54) is 29.2 Å². The van der Waals surface area contributed by atoms with Gasteiger partial charge < -0.3 is 15.5 Å². The third-order valence-corrected chi connectivity index (χ3v) is 7.13.